The van der Waals surface area contributed by atoms with Gasteiger partial charge in [-0.15, -0.1) is 11.3 Å². The molecule has 0 saturated heterocycles. The zero-order valence-electron chi connectivity index (χ0n) is 14.7. The molecule has 0 spiro atoms. The number of aryl methyl sites for hydroxylation is 2. The van der Waals surface area contributed by atoms with Gasteiger partial charge in [0, 0.05) is 5.92 Å². The quantitative estimate of drug-likeness (QED) is 0.661. The summed E-state index contributed by atoms with van der Waals surface area (Å²) < 4.78 is 34.2. The van der Waals surface area contributed by atoms with E-state index >= 15 is 0 Å². The average molecular weight is 389 g/mol. The maximum atomic E-state index is 12.7. The maximum Gasteiger partial charge on any atom is 0.271 e. The van der Waals surface area contributed by atoms with Gasteiger partial charge < -0.3 is 4.42 Å². The minimum atomic E-state index is -3.64. The number of aromatic nitrogens is 1. The Morgan fingerprint density at radius 1 is 1.19 bits per heavy atom. The monoisotopic (exact) mass is 388 g/mol. The van der Waals surface area contributed by atoms with Gasteiger partial charge in [0.1, 0.15) is 4.21 Å². The fraction of sp³-hybridized carbons (Fsp3) is 0.316. The van der Waals surface area contributed by atoms with Crippen LogP contribution in [0.1, 0.15) is 42.2 Å². The van der Waals surface area contributed by atoms with Gasteiger partial charge in [-0.2, -0.15) is 0 Å². The first-order valence-electron chi connectivity index (χ1n) is 8.58. The maximum absolute atomic E-state index is 12.7. The van der Waals surface area contributed by atoms with E-state index in [1.807, 2.05) is 32.0 Å². The molecule has 4 rings (SSSR count). The van der Waals surface area contributed by atoms with Crippen LogP contribution in [0, 0.1) is 13.8 Å². The van der Waals surface area contributed by atoms with Crippen LogP contribution in [0.25, 0.3) is 10.6 Å². The standard InChI is InChI=1S/C19H20N2O3S2/c1-12-6-7-13(2)15(10-12)21-26(22,23)18-9-8-17(25-18)16-11-20-19(24-16)14-4-3-5-14/h6-11,14,21H,3-5H2,1-2H3. The third-order valence-corrected chi connectivity index (χ3v) is 7.66. The van der Waals surface area contributed by atoms with Crippen LogP contribution >= 0.6 is 11.3 Å². The molecule has 1 saturated carbocycles. The first-order chi connectivity index (χ1) is 12.4. The molecule has 1 aliphatic rings. The number of oxazole rings is 1. The Balaban J connectivity index is 1.58. The fourth-order valence-corrected chi connectivity index (χ4v) is 5.26. The Kier molecular flexibility index (Phi) is 4.36. The van der Waals surface area contributed by atoms with Gasteiger partial charge in [-0.05, 0) is 56.0 Å². The van der Waals surface area contributed by atoms with Gasteiger partial charge in [0.05, 0.1) is 16.8 Å². The predicted molar refractivity (Wildman–Crippen MR) is 103 cm³/mol. The summed E-state index contributed by atoms with van der Waals surface area (Å²) in [7, 11) is -3.64. The lowest BCUT2D eigenvalue weighted by molar-refractivity contribution is 0.338. The molecule has 0 atom stereocenters. The number of thiophene rings is 1. The van der Waals surface area contributed by atoms with Crippen LogP contribution in [0.4, 0.5) is 5.69 Å². The Hall–Kier alpha value is -2.12. The number of anilines is 1. The highest BCUT2D eigenvalue weighted by molar-refractivity contribution is 7.94. The second-order valence-corrected chi connectivity index (χ2v) is 9.73. The van der Waals surface area contributed by atoms with Gasteiger partial charge >= 0.3 is 0 Å². The first-order valence-corrected chi connectivity index (χ1v) is 10.9. The van der Waals surface area contributed by atoms with E-state index in [2.05, 4.69) is 9.71 Å². The Morgan fingerprint density at radius 2 is 2.00 bits per heavy atom. The van der Waals surface area contributed by atoms with Crippen LogP contribution in [0.5, 0.6) is 0 Å². The van der Waals surface area contributed by atoms with Crippen molar-refractivity contribution in [2.75, 3.05) is 4.72 Å². The molecule has 0 radical (unpaired) electrons. The molecule has 2 heterocycles. The molecule has 1 fully saturated rings. The van der Waals surface area contributed by atoms with Crippen LogP contribution in [-0.2, 0) is 10.0 Å². The summed E-state index contributed by atoms with van der Waals surface area (Å²) in [5.74, 6) is 1.81. The molecule has 1 N–H and O–H groups in total. The molecule has 3 aromatic rings. The molecule has 5 nitrogen and oxygen atoms in total. The van der Waals surface area contributed by atoms with Crippen molar-refractivity contribution in [2.24, 2.45) is 0 Å². The van der Waals surface area contributed by atoms with E-state index in [-0.39, 0.29) is 4.21 Å². The number of nitrogens with one attached hydrogen (secondary N) is 1. The number of hydrogen-bond acceptors (Lipinski definition) is 5. The van der Waals surface area contributed by atoms with E-state index in [4.69, 9.17) is 4.42 Å². The van der Waals surface area contributed by atoms with Crippen LogP contribution in [0.2, 0.25) is 0 Å². The number of nitrogens with zero attached hydrogens (tertiary/aromatic N) is 1. The van der Waals surface area contributed by atoms with Gasteiger partial charge in [0.25, 0.3) is 10.0 Å². The summed E-state index contributed by atoms with van der Waals surface area (Å²) in [6.45, 7) is 3.82. The lowest BCUT2D eigenvalue weighted by atomic mass is 9.85. The van der Waals surface area contributed by atoms with Crippen LogP contribution in [0.3, 0.4) is 0 Å². The fourth-order valence-electron chi connectivity index (χ4n) is 2.88. The van der Waals surface area contributed by atoms with E-state index < -0.39 is 10.0 Å². The summed E-state index contributed by atoms with van der Waals surface area (Å²) in [4.78, 5) is 5.12. The van der Waals surface area contributed by atoms with E-state index in [0.717, 1.165) is 34.7 Å². The molecule has 0 aliphatic heterocycles. The highest BCUT2D eigenvalue weighted by Crippen LogP contribution is 2.39. The number of benzene rings is 1. The van der Waals surface area contributed by atoms with Crippen molar-refractivity contribution in [1.29, 1.82) is 0 Å². The molecule has 0 bridgehead atoms. The van der Waals surface area contributed by atoms with Gasteiger partial charge in [-0.25, -0.2) is 13.4 Å². The van der Waals surface area contributed by atoms with E-state index in [1.54, 1.807) is 18.3 Å². The largest absolute Gasteiger partial charge is 0.440 e. The van der Waals surface area contributed by atoms with Crippen molar-refractivity contribution < 1.29 is 12.8 Å². The molecule has 1 aliphatic carbocycles. The molecular formula is C19H20N2O3S2. The average Bonchev–Trinajstić information content (AvgIpc) is 3.18. The molecule has 136 valence electrons. The predicted octanol–water partition coefficient (Wildman–Crippen LogP) is 5.09. The van der Waals surface area contributed by atoms with Crippen LogP contribution in [0.15, 0.2) is 45.2 Å². The van der Waals surface area contributed by atoms with E-state index in [0.29, 0.717) is 17.4 Å². The highest BCUT2D eigenvalue weighted by atomic mass is 32.2. The summed E-state index contributed by atoms with van der Waals surface area (Å²) in [6.07, 6.45) is 5.13. The van der Waals surface area contributed by atoms with Crippen molar-refractivity contribution in [1.82, 2.24) is 4.98 Å². The smallest absolute Gasteiger partial charge is 0.271 e. The number of sulfonamides is 1. The minimum Gasteiger partial charge on any atom is -0.440 e. The SMILES string of the molecule is Cc1ccc(C)c(NS(=O)(=O)c2ccc(-c3cnc(C4CCC4)o3)s2)c1. The zero-order valence-corrected chi connectivity index (χ0v) is 16.3. The summed E-state index contributed by atoms with van der Waals surface area (Å²) in [5, 5.41) is 0. The summed E-state index contributed by atoms with van der Waals surface area (Å²) in [5.41, 5.74) is 2.49. The van der Waals surface area contributed by atoms with E-state index in [1.165, 1.54) is 17.8 Å². The molecule has 0 amide bonds. The van der Waals surface area contributed by atoms with Gasteiger partial charge in [0.15, 0.2) is 11.7 Å². The first kappa shape index (κ1) is 17.3. The van der Waals surface area contributed by atoms with Crippen molar-refractivity contribution in [3.8, 4) is 10.6 Å². The zero-order chi connectivity index (χ0) is 18.3. The van der Waals surface area contributed by atoms with Crippen molar-refractivity contribution in [3.63, 3.8) is 0 Å². The normalized spacial score (nSPS) is 15.0. The minimum absolute atomic E-state index is 0.259. The molecule has 7 heteroatoms. The molecule has 1 aromatic carbocycles. The Labute approximate surface area is 157 Å². The van der Waals surface area contributed by atoms with Gasteiger partial charge in [0.2, 0.25) is 0 Å². The number of hydrogen-bond donors (Lipinski definition) is 1. The van der Waals surface area contributed by atoms with Crippen LogP contribution < -0.4 is 4.72 Å². The molecule has 2 aromatic heterocycles. The molecule has 0 unspecified atom stereocenters. The lowest BCUT2D eigenvalue weighted by Crippen LogP contribution is -2.12. The summed E-state index contributed by atoms with van der Waals surface area (Å²) >= 11 is 1.19. The van der Waals surface area contributed by atoms with Crippen molar-refractivity contribution >= 4 is 27.0 Å². The Bertz CT molecular complexity index is 1050. The van der Waals surface area contributed by atoms with Gasteiger partial charge in [-0.3, -0.25) is 4.72 Å². The molecular weight excluding hydrogens is 368 g/mol. The molecule has 26 heavy (non-hydrogen) atoms. The highest BCUT2D eigenvalue weighted by Gasteiger charge is 2.25. The second-order valence-electron chi connectivity index (χ2n) is 6.73. The Morgan fingerprint density at radius 3 is 2.73 bits per heavy atom. The van der Waals surface area contributed by atoms with Gasteiger partial charge in [-0.1, -0.05) is 18.6 Å². The van der Waals surface area contributed by atoms with E-state index in [9.17, 15) is 8.42 Å². The third kappa shape index (κ3) is 3.29. The van der Waals surface area contributed by atoms with Crippen molar-refractivity contribution in [3.05, 3.63) is 53.5 Å². The number of rotatable bonds is 5. The second kappa shape index (κ2) is 6.55. The van der Waals surface area contributed by atoms with Crippen LogP contribution in [-0.4, -0.2) is 13.4 Å². The lowest BCUT2D eigenvalue weighted by Gasteiger charge is -2.21. The third-order valence-electron chi connectivity index (χ3n) is 4.70. The summed E-state index contributed by atoms with van der Waals surface area (Å²) in [6, 6.07) is 9.08. The topological polar surface area (TPSA) is 72.2 Å². The van der Waals surface area contributed by atoms with Crippen molar-refractivity contribution in [2.45, 2.75) is 43.2 Å².